The first-order chi connectivity index (χ1) is 17.8. The highest BCUT2D eigenvalue weighted by Gasteiger charge is 2.17. The fraction of sp³-hybridized carbons (Fsp3) is 0. The Balaban J connectivity index is 1.61. The summed E-state index contributed by atoms with van der Waals surface area (Å²) in [4.78, 5) is 19.8. The van der Waals surface area contributed by atoms with Crippen LogP contribution in [0.3, 0.4) is 0 Å². The van der Waals surface area contributed by atoms with Gasteiger partial charge in [0.25, 0.3) is 0 Å². The largest absolute Gasteiger partial charge is 0.254 e. The minimum Gasteiger partial charge on any atom is -0.254 e. The first-order valence-corrected chi connectivity index (χ1v) is 11.9. The zero-order chi connectivity index (χ0) is 23.9. The van der Waals surface area contributed by atoms with E-state index in [1.54, 1.807) is 0 Å². The maximum Gasteiger partial charge on any atom is 0.160 e. The predicted octanol–water partition coefficient (Wildman–Crippen LogP) is 7.73. The molecule has 0 saturated heterocycles. The number of benzene rings is 4. The molecule has 0 aliphatic heterocycles. The van der Waals surface area contributed by atoms with Crippen LogP contribution in [0.5, 0.6) is 0 Å². The third-order valence-electron chi connectivity index (χ3n) is 6.51. The normalized spacial score (nSPS) is 11.3. The number of nitrogens with zero attached hydrogens (tertiary/aromatic N) is 4. The van der Waals surface area contributed by atoms with Crippen LogP contribution in [0.2, 0.25) is 0 Å². The molecular formula is C32H20N4. The molecule has 36 heavy (non-hydrogen) atoms. The summed E-state index contributed by atoms with van der Waals surface area (Å²) < 4.78 is 0. The summed E-state index contributed by atoms with van der Waals surface area (Å²) in [6.45, 7) is 0. The topological polar surface area (TPSA) is 51.6 Å². The van der Waals surface area contributed by atoms with Gasteiger partial charge in [-0.15, -0.1) is 0 Å². The van der Waals surface area contributed by atoms with Gasteiger partial charge >= 0.3 is 0 Å². The average molecular weight is 461 g/mol. The van der Waals surface area contributed by atoms with Gasteiger partial charge in [0.1, 0.15) is 0 Å². The van der Waals surface area contributed by atoms with Crippen LogP contribution in [0.25, 0.3) is 66.6 Å². The van der Waals surface area contributed by atoms with Crippen molar-refractivity contribution in [1.29, 1.82) is 0 Å². The molecular weight excluding hydrogens is 440 g/mol. The third kappa shape index (κ3) is 3.39. The van der Waals surface area contributed by atoms with Gasteiger partial charge in [-0.25, -0.2) is 15.0 Å². The van der Waals surface area contributed by atoms with E-state index in [0.29, 0.717) is 5.82 Å². The number of rotatable bonds is 3. The Morgan fingerprint density at radius 3 is 2.03 bits per heavy atom. The molecule has 0 spiro atoms. The predicted molar refractivity (Wildman–Crippen MR) is 146 cm³/mol. The van der Waals surface area contributed by atoms with Crippen LogP contribution in [-0.2, 0) is 0 Å². The van der Waals surface area contributed by atoms with E-state index in [2.05, 4.69) is 59.6 Å². The van der Waals surface area contributed by atoms with Crippen molar-refractivity contribution >= 4 is 32.7 Å². The molecule has 0 unspecified atom stereocenters. The number of pyridine rings is 2. The molecule has 4 heteroatoms. The number of aromatic nitrogens is 4. The molecule has 0 amide bonds. The summed E-state index contributed by atoms with van der Waals surface area (Å²) >= 11 is 0. The quantitative estimate of drug-likeness (QED) is 0.200. The first-order valence-electron chi connectivity index (χ1n) is 11.9. The highest BCUT2D eigenvalue weighted by Crippen LogP contribution is 2.38. The molecule has 0 fully saturated rings. The number of hydrogen-bond acceptors (Lipinski definition) is 4. The van der Waals surface area contributed by atoms with Gasteiger partial charge in [-0.05, 0) is 18.2 Å². The molecule has 3 heterocycles. The second kappa shape index (κ2) is 8.36. The van der Waals surface area contributed by atoms with Crippen LogP contribution in [0, 0.1) is 0 Å². The molecule has 4 aromatic carbocycles. The minimum atomic E-state index is 0.694. The van der Waals surface area contributed by atoms with Gasteiger partial charge in [0, 0.05) is 39.0 Å². The van der Waals surface area contributed by atoms with Crippen LogP contribution < -0.4 is 0 Å². The van der Waals surface area contributed by atoms with Gasteiger partial charge in [-0.3, -0.25) is 4.98 Å². The lowest BCUT2D eigenvalue weighted by molar-refractivity contribution is 1.19. The van der Waals surface area contributed by atoms with Crippen LogP contribution in [0.4, 0.5) is 0 Å². The van der Waals surface area contributed by atoms with Crippen LogP contribution in [0.1, 0.15) is 0 Å². The maximum absolute atomic E-state index is 5.12. The zero-order valence-electron chi connectivity index (χ0n) is 19.3. The van der Waals surface area contributed by atoms with Crippen molar-refractivity contribution in [3.63, 3.8) is 0 Å². The Morgan fingerprint density at radius 1 is 0.472 bits per heavy atom. The molecule has 7 aromatic rings. The van der Waals surface area contributed by atoms with Gasteiger partial charge in [-0.1, -0.05) is 97.1 Å². The fourth-order valence-electron chi connectivity index (χ4n) is 4.82. The van der Waals surface area contributed by atoms with Crippen LogP contribution >= 0.6 is 0 Å². The molecule has 0 saturated carbocycles. The molecule has 7 rings (SSSR count). The van der Waals surface area contributed by atoms with Crippen LogP contribution in [0.15, 0.2) is 121 Å². The second-order valence-corrected chi connectivity index (χ2v) is 8.73. The molecule has 0 aliphatic carbocycles. The molecule has 0 radical (unpaired) electrons. The summed E-state index contributed by atoms with van der Waals surface area (Å²) in [7, 11) is 0. The van der Waals surface area contributed by atoms with Gasteiger partial charge < -0.3 is 0 Å². The number of para-hydroxylation sites is 1. The van der Waals surface area contributed by atoms with E-state index in [0.717, 1.165) is 60.8 Å². The molecule has 0 aliphatic rings. The van der Waals surface area contributed by atoms with Crippen LogP contribution in [-0.4, -0.2) is 19.9 Å². The molecule has 0 atom stereocenters. The van der Waals surface area contributed by atoms with Crippen molar-refractivity contribution in [2.24, 2.45) is 0 Å². The SMILES string of the molecule is c1ccc(-c2cc(-c3c4ccccc4nc4c3ccc3cccnc34)nc(-c3ccccc3)n2)cc1. The molecule has 0 N–H and O–H groups in total. The Hall–Kier alpha value is -4.96. The zero-order valence-corrected chi connectivity index (χ0v) is 19.3. The maximum atomic E-state index is 5.12. The summed E-state index contributed by atoms with van der Waals surface area (Å²) in [6.07, 6.45) is 1.82. The average Bonchev–Trinajstić information content (AvgIpc) is 2.96. The summed E-state index contributed by atoms with van der Waals surface area (Å²) in [5.41, 5.74) is 7.50. The Morgan fingerprint density at radius 2 is 1.19 bits per heavy atom. The van der Waals surface area contributed by atoms with Gasteiger partial charge in [0.05, 0.1) is 27.9 Å². The summed E-state index contributed by atoms with van der Waals surface area (Å²) in [5.74, 6) is 0.694. The van der Waals surface area contributed by atoms with E-state index in [-0.39, 0.29) is 0 Å². The van der Waals surface area contributed by atoms with Crippen molar-refractivity contribution in [3.8, 4) is 33.9 Å². The molecule has 0 bridgehead atoms. The lowest BCUT2D eigenvalue weighted by atomic mass is 9.97. The molecule has 3 aromatic heterocycles. The Bertz CT molecular complexity index is 1820. The Labute approximate surface area is 208 Å². The lowest BCUT2D eigenvalue weighted by Gasteiger charge is -2.14. The van der Waals surface area contributed by atoms with Crippen molar-refractivity contribution < 1.29 is 0 Å². The van der Waals surface area contributed by atoms with E-state index in [4.69, 9.17) is 15.0 Å². The van der Waals surface area contributed by atoms with Crippen molar-refractivity contribution in [2.75, 3.05) is 0 Å². The van der Waals surface area contributed by atoms with E-state index in [1.165, 1.54) is 0 Å². The number of hydrogen-bond donors (Lipinski definition) is 0. The standard InChI is InChI=1S/C32H20N4/c1-3-10-21(11-4-1)27-20-28(36-32(35-27)23-12-5-2-6-13-23)29-24-15-7-8-16-26(24)34-31-25(29)18-17-22-14-9-19-33-30(22)31/h1-20H. The number of fused-ring (bicyclic) bond motifs is 4. The first kappa shape index (κ1) is 20.4. The van der Waals surface area contributed by atoms with E-state index in [1.807, 2.05) is 66.9 Å². The second-order valence-electron chi connectivity index (χ2n) is 8.73. The van der Waals surface area contributed by atoms with Gasteiger partial charge in [-0.2, -0.15) is 0 Å². The Kier molecular flexibility index (Phi) is 4.74. The minimum absolute atomic E-state index is 0.694. The molecule has 4 nitrogen and oxygen atoms in total. The highest BCUT2D eigenvalue weighted by molar-refractivity contribution is 6.15. The van der Waals surface area contributed by atoms with Gasteiger partial charge in [0.2, 0.25) is 0 Å². The monoisotopic (exact) mass is 460 g/mol. The van der Waals surface area contributed by atoms with Crippen molar-refractivity contribution in [1.82, 2.24) is 19.9 Å². The summed E-state index contributed by atoms with van der Waals surface area (Å²) in [5, 5.41) is 3.14. The van der Waals surface area contributed by atoms with E-state index < -0.39 is 0 Å². The molecule has 168 valence electrons. The lowest BCUT2D eigenvalue weighted by Crippen LogP contribution is -1.98. The van der Waals surface area contributed by atoms with E-state index >= 15 is 0 Å². The third-order valence-corrected chi connectivity index (χ3v) is 6.51. The summed E-state index contributed by atoms with van der Waals surface area (Å²) in [6, 6.07) is 39.0. The van der Waals surface area contributed by atoms with E-state index in [9.17, 15) is 0 Å². The smallest absolute Gasteiger partial charge is 0.160 e. The fourth-order valence-corrected chi connectivity index (χ4v) is 4.82. The van der Waals surface area contributed by atoms with Crippen molar-refractivity contribution in [2.45, 2.75) is 0 Å². The van der Waals surface area contributed by atoms with Crippen molar-refractivity contribution in [3.05, 3.63) is 121 Å². The highest BCUT2D eigenvalue weighted by atomic mass is 14.9. The van der Waals surface area contributed by atoms with Gasteiger partial charge in [0.15, 0.2) is 5.82 Å².